The largest absolute Gasteiger partial charge is 0.352 e. The highest BCUT2D eigenvalue weighted by atomic mass is 16.2. The maximum atomic E-state index is 12.6. The molecule has 152 valence electrons. The van der Waals surface area contributed by atoms with Crippen LogP contribution in [0, 0.1) is 5.92 Å². The first-order valence-electron chi connectivity index (χ1n) is 10.5. The smallest absolute Gasteiger partial charge is 0.242 e. The average Bonchev–Trinajstić information content (AvgIpc) is 3.51. The summed E-state index contributed by atoms with van der Waals surface area (Å²) < 4.78 is 0. The van der Waals surface area contributed by atoms with Gasteiger partial charge in [-0.05, 0) is 56.7 Å². The molecule has 1 aromatic rings. The van der Waals surface area contributed by atoms with Crippen LogP contribution in [0.4, 0.5) is 0 Å². The van der Waals surface area contributed by atoms with Gasteiger partial charge in [-0.3, -0.25) is 19.5 Å². The molecule has 1 aromatic heterocycles. The van der Waals surface area contributed by atoms with Gasteiger partial charge in [-0.1, -0.05) is 6.07 Å². The summed E-state index contributed by atoms with van der Waals surface area (Å²) in [5, 5.41) is 3.07. The summed E-state index contributed by atoms with van der Waals surface area (Å²) in [7, 11) is 0. The molecule has 3 heterocycles. The molecular weight excluding hydrogens is 354 g/mol. The fraction of sp³-hybridized carbons (Fsp3) is 0.667. The maximum Gasteiger partial charge on any atom is 0.242 e. The molecule has 0 unspecified atom stereocenters. The summed E-state index contributed by atoms with van der Waals surface area (Å²) in [5.74, 6) is 0.320. The molecule has 1 atom stereocenters. The molecule has 0 spiro atoms. The van der Waals surface area contributed by atoms with Gasteiger partial charge in [0.2, 0.25) is 11.8 Å². The van der Waals surface area contributed by atoms with E-state index < -0.39 is 5.54 Å². The minimum absolute atomic E-state index is 0.0452. The van der Waals surface area contributed by atoms with E-state index in [-0.39, 0.29) is 17.7 Å². The minimum Gasteiger partial charge on any atom is -0.352 e. The zero-order chi connectivity index (χ0) is 19.6. The van der Waals surface area contributed by atoms with Gasteiger partial charge in [0.15, 0.2) is 0 Å². The number of piperidine rings is 2. The van der Waals surface area contributed by atoms with Crippen LogP contribution in [0.3, 0.4) is 0 Å². The van der Waals surface area contributed by atoms with Gasteiger partial charge in [0, 0.05) is 44.6 Å². The first kappa shape index (κ1) is 19.3. The number of carbonyl (C=O) groups excluding carboxylic acids is 2. The Morgan fingerprint density at radius 3 is 2.68 bits per heavy atom. The number of rotatable bonds is 5. The van der Waals surface area contributed by atoms with Crippen LogP contribution in [0.15, 0.2) is 24.5 Å². The van der Waals surface area contributed by atoms with Gasteiger partial charge in [-0.2, -0.15) is 0 Å². The van der Waals surface area contributed by atoms with Gasteiger partial charge >= 0.3 is 0 Å². The number of nitrogens with one attached hydrogen (secondary N) is 1. The van der Waals surface area contributed by atoms with Crippen LogP contribution in [0.2, 0.25) is 0 Å². The number of nitrogens with two attached hydrogens (primary N) is 1. The van der Waals surface area contributed by atoms with E-state index in [2.05, 4.69) is 15.2 Å². The Bertz CT molecular complexity index is 698. The van der Waals surface area contributed by atoms with Crippen LogP contribution in [0.5, 0.6) is 0 Å². The van der Waals surface area contributed by atoms with Crippen LogP contribution < -0.4 is 11.1 Å². The van der Waals surface area contributed by atoms with Crippen molar-refractivity contribution < 1.29 is 9.59 Å². The summed E-state index contributed by atoms with van der Waals surface area (Å²) in [6.45, 7) is 3.97. The Hall–Kier alpha value is -1.99. The summed E-state index contributed by atoms with van der Waals surface area (Å²) in [5.41, 5.74) is 6.53. The Morgan fingerprint density at radius 1 is 1.21 bits per heavy atom. The first-order chi connectivity index (χ1) is 13.5. The zero-order valence-electron chi connectivity index (χ0n) is 16.5. The SMILES string of the molecule is NC1(C(=O)N2CCC(N3CCC[C@H](C(=O)NCc4cccnc4)C3)CC2)CC1. The number of amides is 2. The van der Waals surface area contributed by atoms with E-state index in [0.29, 0.717) is 12.6 Å². The number of aromatic nitrogens is 1. The molecule has 28 heavy (non-hydrogen) atoms. The van der Waals surface area contributed by atoms with Crippen molar-refractivity contribution in [3.63, 3.8) is 0 Å². The van der Waals surface area contributed by atoms with E-state index in [1.165, 1.54) is 0 Å². The van der Waals surface area contributed by atoms with Crippen molar-refractivity contribution >= 4 is 11.8 Å². The van der Waals surface area contributed by atoms with Gasteiger partial charge in [-0.25, -0.2) is 0 Å². The third kappa shape index (κ3) is 4.36. The highest BCUT2D eigenvalue weighted by molar-refractivity contribution is 5.89. The third-order valence-corrected chi connectivity index (χ3v) is 6.50. The fourth-order valence-electron chi connectivity index (χ4n) is 4.49. The number of carbonyl (C=O) groups is 2. The molecular formula is C21H31N5O2. The highest BCUT2D eigenvalue weighted by Crippen LogP contribution is 2.35. The predicted molar refractivity (Wildman–Crippen MR) is 106 cm³/mol. The number of hydrogen-bond donors (Lipinski definition) is 2. The Morgan fingerprint density at radius 2 is 2.00 bits per heavy atom. The number of likely N-dealkylation sites (tertiary alicyclic amines) is 2. The van der Waals surface area contributed by atoms with E-state index >= 15 is 0 Å². The van der Waals surface area contributed by atoms with Crippen molar-refractivity contribution in [1.82, 2.24) is 20.1 Å². The average molecular weight is 386 g/mol. The highest BCUT2D eigenvalue weighted by Gasteiger charge is 2.48. The second-order valence-electron chi connectivity index (χ2n) is 8.59. The van der Waals surface area contributed by atoms with E-state index in [1.807, 2.05) is 17.0 Å². The molecule has 4 rings (SSSR count). The molecule has 7 nitrogen and oxygen atoms in total. The van der Waals surface area contributed by atoms with Crippen LogP contribution >= 0.6 is 0 Å². The van der Waals surface area contributed by atoms with Crippen molar-refractivity contribution in [2.24, 2.45) is 11.7 Å². The topological polar surface area (TPSA) is 91.6 Å². The monoisotopic (exact) mass is 385 g/mol. The lowest BCUT2D eigenvalue weighted by Gasteiger charge is -2.42. The van der Waals surface area contributed by atoms with Crippen molar-refractivity contribution in [1.29, 1.82) is 0 Å². The molecule has 2 aliphatic heterocycles. The van der Waals surface area contributed by atoms with Crippen molar-refractivity contribution in [3.05, 3.63) is 30.1 Å². The Kier molecular flexibility index (Phi) is 5.64. The van der Waals surface area contributed by atoms with E-state index in [0.717, 1.165) is 70.3 Å². The molecule has 1 aliphatic carbocycles. The van der Waals surface area contributed by atoms with E-state index in [1.54, 1.807) is 12.4 Å². The van der Waals surface area contributed by atoms with Crippen molar-refractivity contribution in [2.75, 3.05) is 26.2 Å². The van der Waals surface area contributed by atoms with Crippen molar-refractivity contribution in [2.45, 2.75) is 56.7 Å². The molecule has 3 aliphatic rings. The lowest BCUT2D eigenvalue weighted by Crippen LogP contribution is -2.54. The standard InChI is InChI=1S/C21H31N5O2/c22-21(7-8-21)20(28)25-11-5-18(6-12-25)26-10-2-4-17(15-26)19(27)24-14-16-3-1-9-23-13-16/h1,3,9,13,17-18H,2,4-8,10-12,14-15,22H2,(H,24,27)/t17-/m0/s1. The Labute approximate surface area is 166 Å². The third-order valence-electron chi connectivity index (χ3n) is 6.50. The predicted octanol–water partition coefficient (Wildman–Crippen LogP) is 0.892. The Balaban J connectivity index is 1.25. The summed E-state index contributed by atoms with van der Waals surface area (Å²) in [4.78, 5) is 33.6. The van der Waals surface area contributed by atoms with Gasteiger partial charge < -0.3 is 16.0 Å². The molecule has 2 saturated heterocycles. The van der Waals surface area contributed by atoms with Crippen LogP contribution in [-0.2, 0) is 16.1 Å². The van der Waals surface area contributed by atoms with Crippen LogP contribution in [-0.4, -0.2) is 64.4 Å². The lowest BCUT2D eigenvalue weighted by molar-refractivity contribution is -0.135. The van der Waals surface area contributed by atoms with Crippen LogP contribution in [0.1, 0.15) is 44.1 Å². The second kappa shape index (κ2) is 8.17. The quantitative estimate of drug-likeness (QED) is 0.786. The molecule has 7 heteroatoms. The van der Waals surface area contributed by atoms with E-state index in [9.17, 15) is 9.59 Å². The molecule has 1 saturated carbocycles. The zero-order valence-corrected chi connectivity index (χ0v) is 16.5. The second-order valence-corrected chi connectivity index (χ2v) is 8.59. The van der Waals surface area contributed by atoms with Gasteiger partial charge in [0.25, 0.3) is 0 Å². The molecule has 2 amide bonds. The lowest BCUT2D eigenvalue weighted by atomic mass is 9.93. The summed E-state index contributed by atoms with van der Waals surface area (Å²) >= 11 is 0. The first-order valence-corrected chi connectivity index (χ1v) is 10.5. The number of nitrogens with zero attached hydrogens (tertiary/aromatic N) is 3. The molecule has 3 fully saturated rings. The summed E-state index contributed by atoms with van der Waals surface area (Å²) in [6, 6.07) is 4.32. The van der Waals surface area contributed by atoms with Gasteiger partial charge in [-0.15, -0.1) is 0 Å². The number of pyridine rings is 1. The molecule has 0 aromatic carbocycles. The fourth-order valence-corrected chi connectivity index (χ4v) is 4.49. The van der Waals surface area contributed by atoms with Crippen molar-refractivity contribution in [3.8, 4) is 0 Å². The molecule has 3 N–H and O–H groups in total. The van der Waals surface area contributed by atoms with E-state index in [4.69, 9.17) is 5.73 Å². The molecule has 0 radical (unpaired) electrons. The minimum atomic E-state index is -0.560. The van der Waals surface area contributed by atoms with Crippen LogP contribution in [0.25, 0.3) is 0 Å². The van der Waals surface area contributed by atoms with Gasteiger partial charge in [0.1, 0.15) is 0 Å². The maximum absolute atomic E-state index is 12.6. The molecule has 0 bridgehead atoms. The number of hydrogen-bond acceptors (Lipinski definition) is 5. The summed E-state index contributed by atoms with van der Waals surface area (Å²) in [6.07, 6.45) is 9.13. The normalized spacial score (nSPS) is 25.3. The van der Waals surface area contributed by atoms with Gasteiger partial charge in [0.05, 0.1) is 11.5 Å².